The third-order valence-electron chi connectivity index (χ3n) is 9.44. The van der Waals surface area contributed by atoms with Crippen molar-refractivity contribution < 1.29 is 18.7 Å². The molecule has 3 aromatic rings. The molecule has 2 aromatic heterocycles. The van der Waals surface area contributed by atoms with Crippen LogP contribution in [0.5, 0.6) is 0 Å². The van der Waals surface area contributed by atoms with Crippen molar-refractivity contribution in [1.82, 2.24) is 0 Å². The van der Waals surface area contributed by atoms with E-state index >= 15 is 0 Å². The van der Waals surface area contributed by atoms with Gasteiger partial charge in [-0.25, -0.2) is 0 Å². The Morgan fingerprint density at radius 1 is 1.06 bits per heavy atom. The zero-order chi connectivity index (χ0) is 22.2. The summed E-state index contributed by atoms with van der Waals surface area (Å²) in [7, 11) is 0. The van der Waals surface area contributed by atoms with E-state index in [1.165, 1.54) is 5.57 Å². The fourth-order valence-electron chi connectivity index (χ4n) is 7.16. The predicted octanol–water partition coefficient (Wildman–Crippen LogP) is 5.85. The van der Waals surface area contributed by atoms with E-state index in [1.54, 1.807) is 0 Å². The fraction of sp³-hybridized carbons (Fsp3) is 0.429. The number of furan rings is 2. The Kier molecular flexibility index (Phi) is 3.23. The molecule has 1 saturated carbocycles. The summed E-state index contributed by atoms with van der Waals surface area (Å²) in [6.07, 6.45) is 3.58. The highest BCUT2D eigenvalue weighted by Crippen LogP contribution is 2.66. The van der Waals surface area contributed by atoms with Crippen molar-refractivity contribution >= 4 is 39.6 Å². The number of carbonyl (C=O) groups excluding carboxylic acids is 2. The van der Waals surface area contributed by atoms with Crippen molar-refractivity contribution in [1.29, 1.82) is 0 Å². The SMILES string of the molecule is CC1(C)CCC2C(=C3OC2C2Cc4c(c5oc4c4ccccc54)C(C(=O)C=O)=C32)C1(C)C. The third kappa shape index (κ3) is 1.88. The lowest BCUT2D eigenvalue weighted by atomic mass is 9.51. The lowest BCUT2D eigenvalue weighted by molar-refractivity contribution is -0.126. The number of hydrogen-bond donors (Lipinski definition) is 0. The van der Waals surface area contributed by atoms with Gasteiger partial charge in [0, 0.05) is 44.9 Å². The lowest BCUT2D eigenvalue weighted by Crippen LogP contribution is -2.46. The molecule has 0 amide bonds. The van der Waals surface area contributed by atoms with E-state index in [0.29, 0.717) is 17.8 Å². The molecule has 4 aliphatic rings. The summed E-state index contributed by atoms with van der Waals surface area (Å²) in [6.45, 7) is 9.30. The number of benzene rings is 2. The Bertz CT molecular complexity index is 1430. The summed E-state index contributed by atoms with van der Waals surface area (Å²) in [6, 6.07) is 8.11. The molecule has 4 heterocycles. The van der Waals surface area contributed by atoms with Crippen molar-refractivity contribution in [3.63, 3.8) is 0 Å². The molecule has 2 aliphatic heterocycles. The molecule has 162 valence electrons. The van der Waals surface area contributed by atoms with Crippen LogP contribution in [0.3, 0.4) is 0 Å². The normalized spacial score (nSPS) is 29.3. The van der Waals surface area contributed by atoms with Gasteiger partial charge in [0.15, 0.2) is 6.29 Å². The summed E-state index contributed by atoms with van der Waals surface area (Å²) < 4.78 is 12.9. The summed E-state index contributed by atoms with van der Waals surface area (Å²) in [4.78, 5) is 25.0. The van der Waals surface area contributed by atoms with Crippen LogP contribution < -0.4 is 0 Å². The maximum absolute atomic E-state index is 13.1. The highest BCUT2D eigenvalue weighted by Gasteiger charge is 2.61. The van der Waals surface area contributed by atoms with Crippen LogP contribution in [0.1, 0.15) is 51.7 Å². The number of fused-ring (bicyclic) bond motifs is 15. The molecule has 0 radical (unpaired) electrons. The average molecular weight is 427 g/mol. The molecule has 4 nitrogen and oxygen atoms in total. The number of ketones is 1. The van der Waals surface area contributed by atoms with Crippen molar-refractivity contribution in [2.24, 2.45) is 22.7 Å². The van der Waals surface area contributed by atoms with Gasteiger partial charge in [-0.1, -0.05) is 52.0 Å². The molecule has 3 atom stereocenters. The second-order valence-corrected chi connectivity index (χ2v) is 11.2. The van der Waals surface area contributed by atoms with Crippen molar-refractivity contribution in [2.45, 2.75) is 53.1 Å². The maximum Gasteiger partial charge on any atom is 0.226 e. The largest absolute Gasteiger partial charge is 0.489 e. The highest BCUT2D eigenvalue weighted by atomic mass is 16.5. The summed E-state index contributed by atoms with van der Waals surface area (Å²) in [5.74, 6) is 0.936. The fourth-order valence-corrected chi connectivity index (χ4v) is 7.16. The first kappa shape index (κ1) is 18.7. The minimum absolute atomic E-state index is 0.0400. The molecule has 1 saturated heterocycles. The number of carbonyl (C=O) groups is 2. The molecule has 1 aromatic carbocycles. The van der Waals surface area contributed by atoms with Gasteiger partial charge in [0.2, 0.25) is 5.78 Å². The van der Waals surface area contributed by atoms with Gasteiger partial charge >= 0.3 is 0 Å². The first-order chi connectivity index (χ1) is 15.3. The van der Waals surface area contributed by atoms with Crippen LogP contribution in [-0.2, 0) is 20.7 Å². The van der Waals surface area contributed by atoms with Crippen LogP contribution in [0, 0.1) is 22.7 Å². The van der Waals surface area contributed by atoms with Crippen LogP contribution in [0.2, 0.25) is 0 Å². The third-order valence-corrected chi connectivity index (χ3v) is 9.44. The lowest BCUT2D eigenvalue weighted by Gasteiger charge is -2.51. The second kappa shape index (κ2) is 5.54. The number of allylic oxidation sites excluding steroid dienone is 2. The topological polar surface area (TPSA) is 56.5 Å². The molecule has 4 bridgehead atoms. The second-order valence-electron chi connectivity index (χ2n) is 11.2. The quantitative estimate of drug-likeness (QED) is 0.381. The summed E-state index contributed by atoms with van der Waals surface area (Å²) in [5.41, 5.74) is 6.44. The minimum Gasteiger partial charge on any atom is -0.489 e. The first-order valence-corrected chi connectivity index (χ1v) is 11.7. The predicted molar refractivity (Wildman–Crippen MR) is 122 cm³/mol. The van der Waals surface area contributed by atoms with Crippen LogP contribution in [0.4, 0.5) is 0 Å². The number of rotatable bonds is 2. The van der Waals surface area contributed by atoms with E-state index in [4.69, 9.17) is 9.15 Å². The van der Waals surface area contributed by atoms with E-state index in [0.717, 1.165) is 63.7 Å². The smallest absolute Gasteiger partial charge is 0.226 e. The van der Waals surface area contributed by atoms with E-state index in [1.807, 2.05) is 18.2 Å². The molecule has 0 N–H and O–H groups in total. The van der Waals surface area contributed by atoms with Gasteiger partial charge in [-0.05, 0) is 35.7 Å². The van der Waals surface area contributed by atoms with Crippen LogP contribution in [-0.4, -0.2) is 18.2 Å². The highest BCUT2D eigenvalue weighted by molar-refractivity contribution is 6.48. The number of aldehydes is 1. The molecular formula is C28H26O4. The van der Waals surface area contributed by atoms with Gasteiger partial charge in [-0.15, -0.1) is 0 Å². The van der Waals surface area contributed by atoms with Crippen LogP contribution in [0.25, 0.3) is 27.5 Å². The van der Waals surface area contributed by atoms with Gasteiger partial charge in [-0.2, -0.15) is 0 Å². The molecule has 2 fully saturated rings. The van der Waals surface area contributed by atoms with E-state index in [9.17, 15) is 9.59 Å². The Morgan fingerprint density at radius 3 is 2.50 bits per heavy atom. The van der Waals surface area contributed by atoms with Gasteiger partial charge in [0.05, 0.1) is 0 Å². The summed E-state index contributed by atoms with van der Waals surface area (Å²) in [5, 5.41) is 2.10. The number of hydrogen-bond acceptors (Lipinski definition) is 4. The monoisotopic (exact) mass is 426 g/mol. The molecule has 4 heteroatoms. The van der Waals surface area contributed by atoms with Crippen LogP contribution >= 0.6 is 0 Å². The maximum atomic E-state index is 13.1. The molecule has 2 aliphatic carbocycles. The van der Waals surface area contributed by atoms with Gasteiger partial charge < -0.3 is 9.15 Å². The molecule has 7 rings (SSSR count). The Hall–Kier alpha value is -2.88. The summed E-state index contributed by atoms with van der Waals surface area (Å²) >= 11 is 0. The van der Waals surface area contributed by atoms with E-state index in [-0.39, 0.29) is 22.9 Å². The van der Waals surface area contributed by atoms with Crippen molar-refractivity contribution in [3.05, 3.63) is 52.3 Å². The molecule has 3 unspecified atom stereocenters. The minimum atomic E-state index is -0.465. The Morgan fingerprint density at radius 2 is 1.78 bits per heavy atom. The molecule has 32 heavy (non-hydrogen) atoms. The van der Waals surface area contributed by atoms with Gasteiger partial charge in [0.25, 0.3) is 0 Å². The average Bonchev–Trinajstić information content (AvgIpc) is 3.52. The number of Topliss-reactive ketones (excluding diaryl/α,β-unsaturated/α-hetero) is 1. The van der Waals surface area contributed by atoms with Gasteiger partial charge in [-0.3, -0.25) is 9.59 Å². The zero-order valence-electron chi connectivity index (χ0n) is 18.9. The molecular weight excluding hydrogens is 400 g/mol. The van der Waals surface area contributed by atoms with E-state index in [2.05, 4.69) is 33.8 Å². The van der Waals surface area contributed by atoms with Crippen LogP contribution in [0.15, 0.2) is 45.6 Å². The van der Waals surface area contributed by atoms with Crippen molar-refractivity contribution in [3.8, 4) is 0 Å². The standard InChI is InChI=1S/C28H26O4/c1-27(2)10-9-15-22(28(27,3)4)26-20-17(24(15)32-26)11-16-19(21(20)18(30)12-29)25-14-8-6-5-7-13(14)23(16)31-25/h5-8,12,15,17,24H,9-11H2,1-4H3. The Balaban J connectivity index is 1.57. The van der Waals surface area contributed by atoms with E-state index < -0.39 is 5.78 Å². The van der Waals surface area contributed by atoms with Gasteiger partial charge in [0.1, 0.15) is 23.0 Å². The number of ether oxygens (including phenoxy) is 1. The first-order valence-electron chi connectivity index (χ1n) is 11.7. The molecule has 0 spiro atoms. The van der Waals surface area contributed by atoms with Crippen molar-refractivity contribution in [2.75, 3.05) is 0 Å². The Labute approximate surface area is 186 Å². The zero-order valence-corrected chi connectivity index (χ0v) is 18.9.